The number of hydrogen-bond acceptors (Lipinski definition) is 5. The van der Waals surface area contributed by atoms with Gasteiger partial charge in [-0.1, -0.05) is 24.4 Å². The normalized spacial score (nSPS) is 14.5. The molecule has 1 aliphatic heterocycles. The standard InChI is InChI=1S/C29H32ClN3O5/c1-17-12-20(29(35)36)13-18(2)27(17)37-11-10-33(15-19-6-4-5-7-19)28(34)25-23-16-38-24-9-8-21(30)14-22(24)26(23)32(3)31-25/h8-9,12-14,19H,4-7,10-11,15-16H2,1-3H3,(H,35,36). The lowest BCUT2D eigenvalue weighted by molar-refractivity contribution is 0.0683. The number of ether oxygens (including phenoxy) is 2. The van der Waals surface area contributed by atoms with E-state index in [1.807, 2.05) is 37.9 Å². The highest BCUT2D eigenvalue weighted by Gasteiger charge is 2.32. The molecule has 0 saturated heterocycles. The minimum absolute atomic E-state index is 0.138. The summed E-state index contributed by atoms with van der Waals surface area (Å²) in [6, 6.07) is 8.68. The molecule has 2 aromatic carbocycles. The number of carboxylic acids is 1. The average molecular weight is 538 g/mol. The van der Waals surface area contributed by atoms with Crippen molar-refractivity contribution >= 4 is 23.5 Å². The van der Waals surface area contributed by atoms with Gasteiger partial charge in [-0.05, 0) is 74.1 Å². The second-order valence-corrected chi connectivity index (χ2v) is 10.7. The number of aromatic nitrogens is 2. The number of nitrogens with zero attached hydrogens (tertiary/aromatic N) is 3. The van der Waals surface area contributed by atoms with Crippen molar-refractivity contribution in [1.82, 2.24) is 14.7 Å². The van der Waals surface area contributed by atoms with Crippen LogP contribution in [0.4, 0.5) is 0 Å². The molecule has 3 aromatic rings. The van der Waals surface area contributed by atoms with Gasteiger partial charge in [-0.3, -0.25) is 9.48 Å². The van der Waals surface area contributed by atoms with Crippen LogP contribution in [0.1, 0.15) is 63.2 Å². The van der Waals surface area contributed by atoms with E-state index in [9.17, 15) is 14.7 Å². The molecule has 1 saturated carbocycles. The molecule has 200 valence electrons. The minimum atomic E-state index is -0.969. The fourth-order valence-corrected chi connectivity index (χ4v) is 5.84. The number of carbonyl (C=O) groups is 2. The zero-order chi connectivity index (χ0) is 27.0. The predicted molar refractivity (Wildman–Crippen MR) is 144 cm³/mol. The maximum Gasteiger partial charge on any atom is 0.335 e. The van der Waals surface area contributed by atoms with E-state index in [-0.39, 0.29) is 24.7 Å². The van der Waals surface area contributed by atoms with E-state index in [2.05, 4.69) is 5.10 Å². The topological polar surface area (TPSA) is 93.9 Å². The molecule has 1 amide bonds. The van der Waals surface area contributed by atoms with E-state index < -0.39 is 5.97 Å². The van der Waals surface area contributed by atoms with E-state index in [0.29, 0.717) is 35.5 Å². The molecular weight excluding hydrogens is 506 g/mol. The van der Waals surface area contributed by atoms with Crippen molar-refractivity contribution in [2.75, 3.05) is 19.7 Å². The number of halogens is 1. The van der Waals surface area contributed by atoms with Crippen molar-refractivity contribution in [3.63, 3.8) is 0 Å². The van der Waals surface area contributed by atoms with Gasteiger partial charge < -0.3 is 19.5 Å². The molecule has 1 N–H and O–H groups in total. The third kappa shape index (κ3) is 5.10. The Bertz CT molecular complexity index is 1370. The van der Waals surface area contributed by atoms with E-state index in [1.165, 1.54) is 12.8 Å². The number of rotatable bonds is 8. The summed E-state index contributed by atoms with van der Waals surface area (Å²) in [6.07, 6.45) is 4.58. The zero-order valence-electron chi connectivity index (χ0n) is 21.9. The van der Waals surface area contributed by atoms with Gasteiger partial charge in [0.15, 0.2) is 5.69 Å². The predicted octanol–water partition coefficient (Wildman–Crippen LogP) is 5.66. The Kier molecular flexibility index (Phi) is 7.34. The first kappa shape index (κ1) is 26.1. The summed E-state index contributed by atoms with van der Waals surface area (Å²) in [5.74, 6) is 0.720. The molecule has 38 heavy (non-hydrogen) atoms. The highest BCUT2D eigenvalue weighted by atomic mass is 35.5. The summed E-state index contributed by atoms with van der Waals surface area (Å²) in [5, 5.41) is 14.6. The van der Waals surface area contributed by atoms with Crippen LogP contribution in [0.3, 0.4) is 0 Å². The maximum atomic E-state index is 13.9. The molecule has 0 radical (unpaired) electrons. The Morgan fingerprint density at radius 2 is 1.89 bits per heavy atom. The molecule has 8 nitrogen and oxygen atoms in total. The Hall–Kier alpha value is -3.52. The van der Waals surface area contributed by atoms with Gasteiger partial charge >= 0.3 is 5.97 Å². The summed E-state index contributed by atoms with van der Waals surface area (Å²) in [7, 11) is 1.84. The van der Waals surface area contributed by atoms with Gasteiger partial charge in [0.05, 0.1) is 17.8 Å². The van der Waals surface area contributed by atoms with Crippen LogP contribution in [-0.2, 0) is 13.7 Å². The van der Waals surface area contributed by atoms with Crippen LogP contribution in [0.15, 0.2) is 30.3 Å². The summed E-state index contributed by atoms with van der Waals surface area (Å²) in [4.78, 5) is 27.2. The second kappa shape index (κ2) is 10.7. The molecule has 5 rings (SSSR count). The Labute approximate surface area is 227 Å². The van der Waals surface area contributed by atoms with E-state index in [1.54, 1.807) is 22.9 Å². The van der Waals surface area contributed by atoms with Crippen molar-refractivity contribution in [3.05, 3.63) is 63.3 Å². The van der Waals surface area contributed by atoms with Gasteiger partial charge in [0.25, 0.3) is 5.91 Å². The first-order chi connectivity index (χ1) is 18.2. The minimum Gasteiger partial charge on any atom is -0.491 e. The molecule has 1 fully saturated rings. The fraction of sp³-hybridized carbons (Fsp3) is 0.414. The molecular formula is C29H32ClN3O5. The van der Waals surface area contributed by atoms with Gasteiger partial charge in [0, 0.05) is 29.7 Å². The van der Waals surface area contributed by atoms with Crippen LogP contribution < -0.4 is 9.47 Å². The molecule has 1 aliphatic carbocycles. The lowest BCUT2D eigenvalue weighted by Gasteiger charge is -2.26. The van der Waals surface area contributed by atoms with Crippen LogP contribution in [0.5, 0.6) is 11.5 Å². The largest absolute Gasteiger partial charge is 0.491 e. The molecule has 2 aliphatic rings. The quantitative estimate of drug-likeness (QED) is 0.398. The van der Waals surface area contributed by atoms with Crippen molar-refractivity contribution in [2.45, 2.75) is 46.1 Å². The molecule has 0 spiro atoms. The van der Waals surface area contributed by atoms with Crippen molar-refractivity contribution in [2.24, 2.45) is 13.0 Å². The third-order valence-corrected chi connectivity index (χ3v) is 7.71. The molecule has 0 bridgehead atoms. The van der Waals surface area contributed by atoms with Gasteiger partial charge in [-0.25, -0.2) is 4.79 Å². The van der Waals surface area contributed by atoms with Crippen LogP contribution >= 0.6 is 11.6 Å². The van der Waals surface area contributed by atoms with Crippen LogP contribution in [0.25, 0.3) is 11.3 Å². The highest BCUT2D eigenvalue weighted by Crippen LogP contribution is 2.40. The summed E-state index contributed by atoms with van der Waals surface area (Å²) in [6.45, 7) is 5.26. The zero-order valence-corrected chi connectivity index (χ0v) is 22.7. The van der Waals surface area contributed by atoms with Crippen molar-refractivity contribution in [3.8, 4) is 22.8 Å². The first-order valence-corrected chi connectivity index (χ1v) is 13.4. The van der Waals surface area contributed by atoms with Crippen molar-refractivity contribution < 1.29 is 24.2 Å². The van der Waals surface area contributed by atoms with Gasteiger partial charge in [0.1, 0.15) is 24.7 Å². The molecule has 2 heterocycles. The summed E-state index contributed by atoms with van der Waals surface area (Å²) < 4.78 is 13.8. The molecule has 0 atom stereocenters. The van der Waals surface area contributed by atoms with E-state index in [4.69, 9.17) is 21.1 Å². The van der Waals surface area contributed by atoms with Crippen LogP contribution in [0.2, 0.25) is 5.02 Å². The monoisotopic (exact) mass is 537 g/mol. The van der Waals surface area contributed by atoms with Gasteiger partial charge in [-0.15, -0.1) is 0 Å². The van der Waals surface area contributed by atoms with Crippen molar-refractivity contribution in [1.29, 1.82) is 0 Å². The Balaban J connectivity index is 1.39. The molecule has 0 unspecified atom stereocenters. The van der Waals surface area contributed by atoms with Gasteiger partial charge in [0.2, 0.25) is 0 Å². The highest BCUT2D eigenvalue weighted by molar-refractivity contribution is 6.31. The second-order valence-electron chi connectivity index (χ2n) is 10.2. The number of aromatic carboxylic acids is 1. The number of benzene rings is 2. The number of aryl methyl sites for hydroxylation is 3. The van der Waals surface area contributed by atoms with Gasteiger partial charge in [-0.2, -0.15) is 5.10 Å². The van der Waals surface area contributed by atoms with E-state index >= 15 is 0 Å². The number of amides is 1. The number of carbonyl (C=O) groups excluding carboxylic acids is 1. The number of hydrogen-bond donors (Lipinski definition) is 1. The summed E-state index contributed by atoms with van der Waals surface area (Å²) in [5.41, 5.74) is 4.57. The molecule has 9 heteroatoms. The van der Waals surface area contributed by atoms with Crippen LogP contribution in [-0.4, -0.2) is 51.4 Å². The number of fused-ring (bicyclic) bond motifs is 3. The number of carboxylic acid groups (broad SMARTS) is 1. The average Bonchev–Trinajstić information content (AvgIpc) is 3.52. The Morgan fingerprint density at radius 1 is 1.18 bits per heavy atom. The van der Waals surface area contributed by atoms with E-state index in [0.717, 1.165) is 46.5 Å². The summed E-state index contributed by atoms with van der Waals surface area (Å²) >= 11 is 6.26. The Morgan fingerprint density at radius 3 is 2.58 bits per heavy atom. The third-order valence-electron chi connectivity index (χ3n) is 7.47. The smallest absolute Gasteiger partial charge is 0.335 e. The SMILES string of the molecule is Cc1cc(C(=O)O)cc(C)c1OCCN(CC1CCCC1)C(=O)c1nn(C)c2c1COc1ccc(Cl)cc1-2. The lowest BCUT2D eigenvalue weighted by atomic mass is 10.0. The fourth-order valence-electron chi connectivity index (χ4n) is 5.67. The first-order valence-electron chi connectivity index (χ1n) is 13.0. The van der Waals surface area contributed by atoms with Crippen LogP contribution in [0, 0.1) is 19.8 Å². The molecule has 1 aromatic heterocycles. The lowest BCUT2D eigenvalue weighted by Crippen LogP contribution is -2.38. The maximum absolute atomic E-state index is 13.9.